The van der Waals surface area contributed by atoms with Gasteiger partial charge in [-0.25, -0.2) is 4.39 Å². The van der Waals surface area contributed by atoms with E-state index in [0.717, 1.165) is 5.56 Å². The van der Waals surface area contributed by atoms with Crippen molar-refractivity contribution >= 4 is 17.5 Å². The van der Waals surface area contributed by atoms with Gasteiger partial charge in [0.1, 0.15) is 5.82 Å². The van der Waals surface area contributed by atoms with E-state index >= 15 is 0 Å². The molecule has 0 saturated carbocycles. The summed E-state index contributed by atoms with van der Waals surface area (Å²) in [6.07, 6.45) is 3.17. The van der Waals surface area contributed by atoms with Crippen LogP contribution in [-0.2, 0) is 6.42 Å². The molecule has 1 heterocycles. The maximum absolute atomic E-state index is 13.6. The molecule has 142 valence electrons. The summed E-state index contributed by atoms with van der Waals surface area (Å²) in [7, 11) is 0. The van der Waals surface area contributed by atoms with Crippen molar-refractivity contribution in [2.24, 2.45) is 0 Å². The van der Waals surface area contributed by atoms with Gasteiger partial charge < -0.3 is 10.6 Å². The van der Waals surface area contributed by atoms with Crippen LogP contribution in [0.25, 0.3) is 0 Å². The van der Waals surface area contributed by atoms with Crippen molar-refractivity contribution in [3.05, 3.63) is 95.1 Å². The van der Waals surface area contributed by atoms with Gasteiger partial charge in [-0.1, -0.05) is 35.9 Å². The number of benzene rings is 2. The van der Waals surface area contributed by atoms with E-state index in [1.165, 1.54) is 24.5 Å². The zero-order valence-corrected chi connectivity index (χ0v) is 15.4. The van der Waals surface area contributed by atoms with Crippen molar-refractivity contribution < 1.29 is 14.0 Å². The molecule has 0 saturated heterocycles. The van der Waals surface area contributed by atoms with Crippen LogP contribution in [0.3, 0.4) is 0 Å². The lowest BCUT2D eigenvalue weighted by Gasteiger charge is -2.08. The Bertz CT molecular complexity index is 987. The van der Waals surface area contributed by atoms with Crippen LogP contribution in [0.15, 0.2) is 67.0 Å². The van der Waals surface area contributed by atoms with Crippen LogP contribution in [0.1, 0.15) is 31.8 Å². The average molecular weight is 377 g/mol. The van der Waals surface area contributed by atoms with E-state index < -0.39 is 0 Å². The molecule has 1 aromatic heterocycles. The monoisotopic (exact) mass is 377 g/mol. The largest absolute Gasteiger partial charge is 0.352 e. The molecule has 2 N–H and O–H groups in total. The Balaban J connectivity index is 1.60. The number of anilines is 1. The van der Waals surface area contributed by atoms with E-state index in [2.05, 4.69) is 15.6 Å². The Kier molecular flexibility index (Phi) is 6.11. The van der Waals surface area contributed by atoms with Crippen LogP contribution in [0, 0.1) is 12.7 Å². The van der Waals surface area contributed by atoms with Crippen LogP contribution < -0.4 is 10.6 Å². The summed E-state index contributed by atoms with van der Waals surface area (Å²) in [5, 5.41) is 5.49. The van der Waals surface area contributed by atoms with Crippen molar-refractivity contribution in [3.63, 3.8) is 0 Å². The third kappa shape index (κ3) is 5.01. The number of hydrogen-bond donors (Lipinski definition) is 2. The fourth-order valence-corrected chi connectivity index (χ4v) is 2.64. The standard InChI is InChI=1S/C22H20FN3O2/c1-15-6-8-19(9-7-15)26-22(28)18-12-17(13-24-14-18)21(27)25-11-10-16-4-2-3-5-20(16)23/h2-9,12-14H,10-11H2,1H3,(H,25,27)(H,26,28). The predicted octanol–water partition coefficient (Wildman–Crippen LogP) is 3.75. The molecule has 0 unspecified atom stereocenters. The topological polar surface area (TPSA) is 71.1 Å². The van der Waals surface area contributed by atoms with Gasteiger partial charge in [-0.2, -0.15) is 0 Å². The summed E-state index contributed by atoms with van der Waals surface area (Å²) < 4.78 is 13.6. The Hall–Kier alpha value is -3.54. The molecule has 0 aliphatic rings. The molecule has 3 rings (SSSR count). The molecule has 0 radical (unpaired) electrons. The maximum Gasteiger partial charge on any atom is 0.257 e. The van der Waals surface area contributed by atoms with Gasteiger partial charge in [0.25, 0.3) is 11.8 Å². The molecule has 28 heavy (non-hydrogen) atoms. The highest BCUT2D eigenvalue weighted by Gasteiger charge is 2.12. The van der Waals surface area contributed by atoms with E-state index in [0.29, 0.717) is 17.7 Å². The van der Waals surface area contributed by atoms with Gasteiger partial charge in [-0.3, -0.25) is 14.6 Å². The normalized spacial score (nSPS) is 10.4. The molecular weight excluding hydrogens is 357 g/mol. The van der Waals surface area contributed by atoms with E-state index in [9.17, 15) is 14.0 Å². The average Bonchev–Trinajstić information content (AvgIpc) is 2.71. The summed E-state index contributed by atoms with van der Waals surface area (Å²) in [4.78, 5) is 28.7. The minimum atomic E-state index is -0.367. The number of rotatable bonds is 6. The highest BCUT2D eigenvalue weighted by molar-refractivity contribution is 6.05. The first-order valence-electron chi connectivity index (χ1n) is 8.87. The highest BCUT2D eigenvalue weighted by atomic mass is 19.1. The quantitative estimate of drug-likeness (QED) is 0.687. The number of nitrogens with zero attached hydrogens (tertiary/aromatic N) is 1. The zero-order chi connectivity index (χ0) is 19.9. The third-order valence-electron chi connectivity index (χ3n) is 4.21. The summed E-state index contributed by atoms with van der Waals surface area (Å²) >= 11 is 0. The number of pyridine rings is 1. The van der Waals surface area contributed by atoms with Crippen LogP contribution >= 0.6 is 0 Å². The maximum atomic E-state index is 13.6. The summed E-state index contributed by atoms with van der Waals surface area (Å²) in [5.41, 5.74) is 2.84. The minimum absolute atomic E-state index is 0.269. The third-order valence-corrected chi connectivity index (χ3v) is 4.21. The number of carbonyl (C=O) groups excluding carboxylic acids is 2. The van der Waals surface area contributed by atoms with Crippen LogP contribution in [0.4, 0.5) is 10.1 Å². The van der Waals surface area contributed by atoms with Gasteiger partial charge in [-0.15, -0.1) is 0 Å². The SMILES string of the molecule is Cc1ccc(NC(=O)c2cncc(C(=O)NCCc3ccccc3F)c2)cc1. The van der Waals surface area contributed by atoms with Crippen LogP contribution in [0.2, 0.25) is 0 Å². The van der Waals surface area contributed by atoms with Crippen molar-refractivity contribution in [3.8, 4) is 0 Å². The smallest absolute Gasteiger partial charge is 0.257 e. The Labute approximate surface area is 162 Å². The second-order valence-electron chi connectivity index (χ2n) is 6.38. The molecule has 0 fully saturated rings. The van der Waals surface area contributed by atoms with Gasteiger partial charge in [0.05, 0.1) is 11.1 Å². The van der Waals surface area contributed by atoms with Crippen LogP contribution in [-0.4, -0.2) is 23.3 Å². The number of aryl methyl sites for hydroxylation is 1. The van der Waals surface area contributed by atoms with Gasteiger partial charge in [0, 0.05) is 24.6 Å². The van der Waals surface area contributed by atoms with E-state index in [1.807, 2.05) is 19.1 Å². The lowest BCUT2D eigenvalue weighted by molar-refractivity contribution is 0.0953. The molecule has 0 atom stereocenters. The first-order valence-corrected chi connectivity index (χ1v) is 8.87. The molecule has 2 amide bonds. The number of carbonyl (C=O) groups is 2. The molecule has 6 heteroatoms. The van der Waals surface area contributed by atoms with Gasteiger partial charge in [0.15, 0.2) is 0 Å². The first kappa shape index (κ1) is 19.2. The number of aromatic nitrogens is 1. The minimum Gasteiger partial charge on any atom is -0.352 e. The first-order chi connectivity index (χ1) is 13.5. The lowest BCUT2D eigenvalue weighted by atomic mass is 10.1. The molecule has 0 bridgehead atoms. The van der Waals surface area contributed by atoms with E-state index in [4.69, 9.17) is 0 Å². The lowest BCUT2D eigenvalue weighted by Crippen LogP contribution is -2.26. The second kappa shape index (κ2) is 8.90. The number of halogens is 1. The van der Waals surface area contributed by atoms with Crippen molar-refractivity contribution in [1.29, 1.82) is 0 Å². The summed E-state index contributed by atoms with van der Waals surface area (Å²) in [5.74, 6) is -1.01. The van der Waals surface area contributed by atoms with E-state index in [1.54, 1.807) is 30.3 Å². The van der Waals surface area contributed by atoms with Gasteiger partial charge in [0.2, 0.25) is 0 Å². The highest BCUT2D eigenvalue weighted by Crippen LogP contribution is 2.12. The number of nitrogens with one attached hydrogen (secondary N) is 2. The van der Waals surface area contributed by atoms with Crippen molar-refractivity contribution in [1.82, 2.24) is 10.3 Å². The summed E-state index contributed by atoms with van der Waals surface area (Å²) in [6.45, 7) is 2.24. The predicted molar refractivity (Wildman–Crippen MR) is 106 cm³/mol. The fourth-order valence-electron chi connectivity index (χ4n) is 2.64. The van der Waals surface area contributed by atoms with E-state index in [-0.39, 0.29) is 35.3 Å². The molecule has 0 aliphatic heterocycles. The van der Waals surface area contributed by atoms with Gasteiger partial charge >= 0.3 is 0 Å². The van der Waals surface area contributed by atoms with Crippen molar-refractivity contribution in [2.75, 3.05) is 11.9 Å². The summed E-state index contributed by atoms with van der Waals surface area (Å²) in [6, 6.07) is 15.3. The van der Waals surface area contributed by atoms with Crippen molar-refractivity contribution in [2.45, 2.75) is 13.3 Å². The number of amides is 2. The zero-order valence-electron chi connectivity index (χ0n) is 15.4. The molecule has 3 aromatic rings. The second-order valence-corrected chi connectivity index (χ2v) is 6.38. The number of hydrogen-bond acceptors (Lipinski definition) is 3. The Morgan fingerprint density at radius 3 is 2.36 bits per heavy atom. The van der Waals surface area contributed by atoms with Gasteiger partial charge in [-0.05, 0) is 43.2 Å². The molecule has 5 nitrogen and oxygen atoms in total. The molecule has 0 spiro atoms. The Morgan fingerprint density at radius 1 is 0.964 bits per heavy atom. The fraction of sp³-hybridized carbons (Fsp3) is 0.136. The molecule has 2 aromatic carbocycles. The van der Waals surface area contributed by atoms with Crippen LogP contribution in [0.5, 0.6) is 0 Å². The Morgan fingerprint density at radius 2 is 1.64 bits per heavy atom. The molecule has 0 aliphatic carbocycles. The molecular formula is C22H20FN3O2.